The molecule has 0 spiro atoms. The van der Waals surface area contributed by atoms with Crippen LogP contribution in [-0.4, -0.2) is 20.2 Å². The summed E-state index contributed by atoms with van der Waals surface area (Å²) in [5.41, 5.74) is 6.34. The summed E-state index contributed by atoms with van der Waals surface area (Å²) in [6.45, 7) is 8.48. The molecule has 0 saturated heterocycles. The highest BCUT2D eigenvalue weighted by atomic mass is 16.6. The van der Waals surface area contributed by atoms with E-state index >= 15 is 0 Å². The van der Waals surface area contributed by atoms with Gasteiger partial charge < -0.3 is 4.90 Å². The minimum absolute atomic E-state index is 1.02. The molecule has 1 rings (SSSR count). The van der Waals surface area contributed by atoms with E-state index in [2.05, 4.69) is 43.3 Å². The minimum Gasteiger partial charge on any atom is -0.372 e. The van der Waals surface area contributed by atoms with Crippen molar-refractivity contribution < 1.29 is 4.84 Å². The van der Waals surface area contributed by atoms with Gasteiger partial charge in [-0.25, -0.2) is 0 Å². The van der Waals surface area contributed by atoms with Gasteiger partial charge in [0.05, 0.1) is 12.8 Å². The van der Waals surface area contributed by atoms with E-state index in [1.807, 2.05) is 6.07 Å². The van der Waals surface area contributed by atoms with Crippen LogP contribution < -0.4 is 10.4 Å². The summed E-state index contributed by atoms with van der Waals surface area (Å²) in [6.07, 6.45) is 0. The van der Waals surface area contributed by atoms with Crippen LogP contribution in [0.3, 0.4) is 0 Å². The number of hydrogen-bond donors (Lipinski definition) is 1. The highest BCUT2D eigenvalue weighted by Crippen LogP contribution is 2.22. The van der Waals surface area contributed by atoms with Gasteiger partial charge >= 0.3 is 0 Å². The smallest absolute Gasteiger partial charge is 0.0636 e. The summed E-state index contributed by atoms with van der Waals surface area (Å²) >= 11 is 0. The van der Waals surface area contributed by atoms with Gasteiger partial charge in [0.25, 0.3) is 0 Å². The van der Waals surface area contributed by atoms with Crippen molar-refractivity contribution in [3.8, 4) is 0 Å². The lowest BCUT2D eigenvalue weighted by atomic mass is 10.1. The monoisotopic (exact) mass is 208 g/mol. The first-order valence-corrected chi connectivity index (χ1v) is 5.37. The topological polar surface area (TPSA) is 24.5 Å². The molecule has 0 aliphatic carbocycles. The van der Waals surface area contributed by atoms with E-state index in [0.717, 1.165) is 18.8 Å². The lowest BCUT2D eigenvalue weighted by Crippen LogP contribution is -2.21. The molecule has 3 nitrogen and oxygen atoms in total. The van der Waals surface area contributed by atoms with Gasteiger partial charge in [-0.3, -0.25) is 10.3 Å². The van der Waals surface area contributed by atoms with Crippen LogP contribution in [0.4, 0.5) is 11.4 Å². The molecule has 0 bridgehead atoms. The zero-order valence-electron chi connectivity index (χ0n) is 10.0. The Bertz CT molecular complexity index is 308. The third-order valence-corrected chi connectivity index (χ3v) is 2.55. The molecule has 0 radical (unpaired) electrons. The van der Waals surface area contributed by atoms with E-state index in [4.69, 9.17) is 4.84 Å². The predicted molar refractivity (Wildman–Crippen MR) is 65.4 cm³/mol. The Morgan fingerprint density at radius 3 is 2.40 bits per heavy atom. The molecule has 1 aromatic rings. The van der Waals surface area contributed by atoms with Crippen molar-refractivity contribution in [2.75, 3.05) is 30.6 Å². The quantitative estimate of drug-likeness (QED) is 0.753. The fourth-order valence-electron chi connectivity index (χ4n) is 1.66. The maximum Gasteiger partial charge on any atom is 0.0636 e. The second kappa shape index (κ2) is 5.61. The highest BCUT2D eigenvalue weighted by molar-refractivity contribution is 5.59. The number of anilines is 2. The van der Waals surface area contributed by atoms with Gasteiger partial charge in [0.1, 0.15) is 0 Å². The van der Waals surface area contributed by atoms with Crippen molar-refractivity contribution in [3.05, 3.63) is 23.8 Å². The van der Waals surface area contributed by atoms with Crippen LogP contribution in [0, 0.1) is 6.92 Å². The maximum atomic E-state index is 4.90. The molecular weight excluding hydrogens is 188 g/mol. The fraction of sp³-hybridized carbons (Fsp3) is 0.500. The third-order valence-electron chi connectivity index (χ3n) is 2.55. The van der Waals surface area contributed by atoms with Crippen LogP contribution in [0.5, 0.6) is 0 Å². The second-order valence-electron chi connectivity index (χ2n) is 3.48. The van der Waals surface area contributed by atoms with Crippen molar-refractivity contribution in [1.82, 2.24) is 0 Å². The lowest BCUT2D eigenvalue weighted by molar-refractivity contribution is 0.270. The van der Waals surface area contributed by atoms with E-state index in [1.54, 1.807) is 7.11 Å². The van der Waals surface area contributed by atoms with Crippen LogP contribution in [0.25, 0.3) is 0 Å². The van der Waals surface area contributed by atoms with Crippen LogP contribution >= 0.6 is 0 Å². The number of rotatable bonds is 5. The molecule has 0 fully saturated rings. The Hall–Kier alpha value is -1.22. The largest absolute Gasteiger partial charge is 0.372 e. The van der Waals surface area contributed by atoms with Gasteiger partial charge in [-0.05, 0) is 44.5 Å². The number of nitrogens with zero attached hydrogens (tertiary/aromatic N) is 1. The number of benzene rings is 1. The molecular formula is C12H20N2O. The standard InChI is InChI=1S/C12H20N2O/c1-5-14(6-2)11-7-8-12(13-15-4)10(3)9-11/h7-9,13H,5-6H2,1-4H3. The second-order valence-corrected chi connectivity index (χ2v) is 3.48. The molecule has 15 heavy (non-hydrogen) atoms. The molecule has 0 aliphatic rings. The van der Waals surface area contributed by atoms with E-state index in [1.165, 1.54) is 11.3 Å². The Balaban J connectivity index is 2.89. The Labute approximate surface area is 92.0 Å². The average molecular weight is 208 g/mol. The SMILES string of the molecule is CCN(CC)c1ccc(NOC)c(C)c1. The fourth-order valence-corrected chi connectivity index (χ4v) is 1.66. The molecule has 0 unspecified atom stereocenters. The maximum absolute atomic E-state index is 4.90. The number of nitrogens with one attached hydrogen (secondary N) is 1. The van der Waals surface area contributed by atoms with E-state index in [-0.39, 0.29) is 0 Å². The van der Waals surface area contributed by atoms with E-state index < -0.39 is 0 Å². The number of hydrogen-bond acceptors (Lipinski definition) is 3. The molecule has 0 aliphatic heterocycles. The molecule has 1 N–H and O–H groups in total. The van der Waals surface area contributed by atoms with E-state index in [0.29, 0.717) is 0 Å². The van der Waals surface area contributed by atoms with Crippen LogP contribution in [-0.2, 0) is 4.84 Å². The highest BCUT2D eigenvalue weighted by Gasteiger charge is 2.04. The van der Waals surface area contributed by atoms with Crippen molar-refractivity contribution in [3.63, 3.8) is 0 Å². The van der Waals surface area contributed by atoms with Crippen molar-refractivity contribution >= 4 is 11.4 Å². The summed E-state index contributed by atoms with van der Waals surface area (Å²) in [6, 6.07) is 6.34. The first-order valence-electron chi connectivity index (χ1n) is 5.37. The molecule has 0 saturated carbocycles. The van der Waals surface area contributed by atoms with Crippen LogP contribution in [0.2, 0.25) is 0 Å². The molecule has 84 valence electrons. The Morgan fingerprint density at radius 1 is 1.27 bits per heavy atom. The van der Waals surface area contributed by atoms with Gasteiger partial charge in [-0.2, -0.15) is 0 Å². The van der Waals surface area contributed by atoms with Crippen LogP contribution in [0.1, 0.15) is 19.4 Å². The van der Waals surface area contributed by atoms with Gasteiger partial charge in [0, 0.05) is 18.8 Å². The van der Waals surface area contributed by atoms with Crippen LogP contribution in [0.15, 0.2) is 18.2 Å². The van der Waals surface area contributed by atoms with Gasteiger partial charge in [0.2, 0.25) is 0 Å². The average Bonchev–Trinajstić information content (AvgIpc) is 2.24. The Morgan fingerprint density at radius 2 is 1.93 bits per heavy atom. The Kier molecular flexibility index (Phi) is 4.43. The molecule has 1 aromatic carbocycles. The zero-order chi connectivity index (χ0) is 11.3. The molecule has 0 amide bonds. The molecule has 0 heterocycles. The summed E-state index contributed by atoms with van der Waals surface area (Å²) < 4.78 is 0. The summed E-state index contributed by atoms with van der Waals surface area (Å²) in [5, 5.41) is 0. The number of aryl methyl sites for hydroxylation is 1. The molecule has 3 heteroatoms. The lowest BCUT2D eigenvalue weighted by Gasteiger charge is -2.22. The predicted octanol–water partition coefficient (Wildman–Crippen LogP) is 2.81. The minimum atomic E-state index is 1.02. The summed E-state index contributed by atoms with van der Waals surface area (Å²) in [4.78, 5) is 7.22. The van der Waals surface area contributed by atoms with Crippen molar-refractivity contribution in [2.45, 2.75) is 20.8 Å². The first-order chi connectivity index (χ1) is 7.22. The van der Waals surface area contributed by atoms with Gasteiger partial charge in [-0.1, -0.05) is 0 Å². The first kappa shape index (κ1) is 11.9. The van der Waals surface area contributed by atoms with Crippen molar-refractivity contribution in [1.29, 1.82) is 0 Å². The third kappa shape index (κ3) is 2.86. The van der Waals surface area contributed by atoms with E-state index in [9.17, 15) is 0 Å². The molecule has 0 aromatic heterocycles. The van der Waals surface area contributed by atoms with Gasteiger partial charge in [-0.15, -0.1) is 0 Å². The normalized spacial score (nSPS) is 10.1. The molecule has 0 atom stereocenters. The zero-order valence-corrected chi connectivity index (χ0v) is 10.0. The van der Waals surface area contributed by atoms with Crippen molar-refractivity contribution in [2.24, 2.45) is 0 Å². The van der Waals surface area contributed by atoms with Gasteiger partial charge in [0.15, 0.2) is 0 Å². The summed E-state index contributed by atoms with van der Waals surface area (Å²) in [5.74, 6) is 0. The summed E-state index contributed by atoms with van der Waals surface area (Å²) in [7, 11) is 1.62.